The smallest absolute Gasteiger partial charge is 0.262 e. The molecular weight excluding hydrogens is 266 g/mol. The van der Waals surface area contributed by atoms with Gasteiger partial charge >= 0.3 is 0 Å². The molecule has 3 N–H and O–H groups in total. The van der Waals surface area contributed by atoms with Crippen LogP contribution in [0.25, 0.3) is 0 Å². The number of carbonyl (C=O) groups is 1. The van der Waals surface area contributed by atoms with Gasteiger partial charge in [0, 0.05) is 19.2 Å². The van der Waals surface area contributed by atoms with E-state index in [9.17, 15) is 4.79 Å². The van der Waals surface area contributed by atoms with E-state index < -0.39 is 0 Å². The maximum atomic E-state index is 11.5. The molecule has 1 aromatic carbocycles. The van der Waals surface area contributed by atoms with Crippen molar-refractivity contribution in [3.05, 3.63) is 12.1 Å². The maximum Gasteiger partial charge on any atom is 0.262 e. The molecule has 1 unspecified atom stereocenters. The van der Waals surface area contributed by atoms with Crippen molar-refractivity contribution >= 4 is 23.0 Å². The molecule has 2 heterocycles. The summed E-state index contributed by atoms with van der Waals surface area (Å²) in [7, 11) is 0. The summed E-state index contributed by atoms with van der Waals surface area (Å²) in [5.74, 6) is 1.37. The predicted octanol–water partition coefficient (Wildman–Crippen LogP) is 2.62. The fourth-order valence-electron chi connectivity index (χ4n) is 3.22. The van der Waals surface area contributed by atoms with Crippen molar-refractivity contribution in [1.82, 2.24) is 0 Å². The summed E-state index contributed by atoms with van der Waals surface area (Å²) < 4.78 is 5.41. The second-order valence-electron chi connectivity index (χ2n) is 5.94. The molecule has 1 fully saturated rings. The van der Waals surface area contributed by atoms with Gasteiger partial charge in [-0.25, -0.2) is 0 Å². The highest BCUT2D eigenvalue weighted by Gasteiger charge is 2.22. The summed E-state index contributed by atoms with van der Waals surface area (Å²) in [6.45, 7) is 4.37. The third-order valence-electron chi connectivity index (χ3n) is 4.53. The Bertz CT molecular complexity index is 545. The average Bonchev–Trinajstić information content (AvgIpc) is 2.72. The predicted molar refractivity (Wildman–Crippen MR) is 84.8 cm³/mol. The van der Waals surface area contributed by atoms with Gasteiger partial charge in [-0.3, -0.25) is 4.79 Å². The molecule has 5 nitrogen and oxygen atoms in total. The first-order chi connectivity index (χ1) is 10.2. The minimum Gasteiger partial charge on any atom is -0.482 e. The summed E-state index contributed by atoms with van der Waals surface area (Å²) in [4.78, 5) is 13.8. The Labute approximate surface area is 125 Å². The van der Waals surface area contributed by atoms with Crippen LogP contribution in [-0.2, 0) is 4.79 Å². The van der Waals surface area contributed by atoms with Crippen LogP contribution in [0.1, 0.15) is 32.6 Å². The molecule has 1 atom stereocenters. The van der Waals surface area contributed by atoms with Crippen LogP contribution in [-0.4, -0.2) is 25.6 Å². The average molecular weight is 289 g/mol. The molecule has 0 aromatic heterocycles. The van der Waals surface area contributed by atoms with Crippen LogP contribution in [0.2, 0.25) is 0 Å². The van der Waals surface area contributed by atoms with Crippen LogP contribution >= 0.6 is 0 Å². The fourth-order valence-corrected chi connectivity index (χ4v) is 3.22. The van der Waals surface area contributed by atoms with E-state index in [1.807, 2.05) is 12.1 Å². The van der Waals surface area contributed by atoms with Crippen LogP contribution < -0.4 is 20.7 Å². The van der Waals surface area contributed by atoms with E-state index in [1.54, 1.807) is 0 Å². The number of benzene rings is 1. The first-order valence-corrected chi connectivity index (χ1v) is 7.78. The number of hydrogen-bond donors (Lipinski definition) is 2. The number of nitrogens with two attached hydrogens (primary N) is 1. The maximum absolute atomic E-state index is 11.5. The largest absolute Gasteiger partial charge is 0.482 e. The Hall–Kier alpha value is -1.91. The Morgan fingerprint density at radius 1 is 1.38 bits per heavy atom. The number of nitrogens with zero attached hydrogens (tertiary/aromatic N) is 1. The summed E-state index contributed by atoms with van der Waals surface area (Å²) in [6.07, 6.45) is 4.93. The molecule has 0 radical (unpaired) electrons. The van der Waals surface area contributed by atoms with Gasteiger partial charge in [-0.2, -0.15) is 0 Å². The lowest BCUT2D eigenvalue weighted by atomic mass is 9.98. The van der Waals surface area contributed by atoms with Gasteiger partial charge in [-0.1, -0.05) is 13.3 Å². The number of hydrogen-bond acceptors (Lipinski definition) is 4. The summed E-state index contributed by atoms with van der Waals surface area (Å²) in [5.41, 5.74) is 8.65. The van der Waals surface area contributed by atoms with Gasteiger partial charge < -0.3 is 20.7 Å². The van der Waals surface area contributed by atoms with Gasteiger partial charge in [0.25, 0.3) is 5.91 Å². The molecule has 1 saturated heterocycles. The third-order valence-corrected chi connectivity index (χ3v) is 4.53. The quantitative estimate of drug-likeness (QED) is 0.821. The number of fused-ring (bicyclic) bond motifs is 1. The molecule has 1 amide bonds. The number of ether oxygens (including phenoxy) is 1. The molecule has 21 heavy (non-hydrogen) atoms. The van der Waals surface area contributed by atoms with Crippen molar-refractivity contribution in [2.45, 2.75) is 32.6 Å². The summed E-state index contributed by atoms with van der Waals surface area (Å²) in [5, 5.41) is 2.86. The zero-order chi connectivity index (χ0) is 14.8. The molecular formula is C16H23N3O2. The number of nitrogen functional groups attached to an aromatic ring is 1. The first kappa shape index (κ1) is 14.0. The molecule has 0 spiro atoms. The highest BCUT2D eigenvalue weighted by Crippen LogP contribution is 2.38. The van der Waals surface area contributed by atoms with E-state index >= 15 is 0 Å². The lowest BCUT2D eigenvalue weighted by Gasteiger charge is -2.27. The normalized spacial score (nSPS) is 22.0. The lowest BCUT2D eigenvalue weighted by molar-refractivity contribution is -0.118. The molecule has 2 aliphatic rings. The van der Waals surface area contributed by atoms with Crippen LogP contribution in [0, 0.1) is 5.92 Å². The van der Waals surface area contributed by atoms with Crippen molar-refractivity contribution in [3.63, 3.8) is 0 Å². The topological polar surface area (TPSA) is 67.6 Å². The van der Waals surface area contributed by atoms with Crippen molar-refractivity contribution < 1.29 is 9.53 Å². The standard InChI is InChI=1S/C16H23N3O2/c1-2-11-4-3-6-19(7-5-11)14-9-13-15(8-12(14)17)21-10-16(20)18-13/h8-9,11H,2-7,10,17H2,1H3,(H,18,20). The van der Waals surface area contributed by atoms with Crippen molar-refractivity contribution in [2.75, 3.05) is 35.6 Å². The first-order valence-electron chi connectivity index (χ1n) is 7.78. The van der Waals surface area contributed by atoms with Crippen LogP contribution in [0.3, 0.4) is 0 Å². The number of rotatable bonds is 2. The summed E-state index contributed by atoms with van der Waals surface area (Å²) in [6, 6.07) is 3.78. The SMILES string of the molecule is CCC1CCCN(c2cc3c(cc2N)OCC(=O)N3)CC1. The number of amides is 1. The fraction of sp³-hybridized carbons (Fsp3) is 0.562. The minimum absolute atomic E-state index is 0.0632. The highest BCUT2D eigenvalue weighted by atomic mass is 16.5. The Balaban J connectivity index is 1.84. The van der Waals surface area contributed by atoms with Crippen LogP contribution in [0.15, 0.2) is 12.1 Å². The number of anilines is 3. The monoisotopic (exact) mass is 289 g/mol. The molecule has 0 aliphatic carbocycles. The van der Waals surface area contributed by atoms with Crippen LogP contribution in [0.4, 0.5) is 17.1 Å². The van der Waals surface area contributed by atoms with Gasteiger partial charge in [0.2, 0.25) is 0 Å². The Kier molecular flexibility index (Phi) is 3.90. The van der Waals surface area contributed by atoms with Crippen molar-refractivity contribution in [3.8, 4) is 5.75 Å². The van der Waals surface area contributed by atoms with Crippen molar-refractivity contribution in [2.24, 2.45) is 5.92 Å². The summed E-state index contributed by atoms with van der Waals surface area (Å²) >= 11 is 0. The molecule has 3 rings (SSSR count). The van der Waals surface area contributed by atoms with Crippen molar-refractivity contribution in [1.29, 1.82) is 0 Å². The third kappa shape index (κ3) is 2.91. The van der Waals surface area contributed by atoms with Gasteiger partial charge in [0.15, 0.2) is 6.61 Å². The Morgan fingerprint density at radius 3 is 3.05 bits per heavy atom. The molecule has 114 valence electrons. The second-order valence-corrected chi connectivity index (χ2v) is 5.94. The highest BCUT2D eigenvalue weighted by molar-refractivity contribution is 5.97. The Morgan fingerprint density at radius 2 is 2.24 bits per heavy atom. The van der Waals surface area contributed by atoms with E-state index in [2.05, 4.69) is 17.1 Å². The molecule has 5 heteroatoms. The van der Waals surface area contributed by atoms with E-state index in [4.69, 9.17) is 10.5 Å². The van der Waals surface area contributed by atoms with E-state index in [0.717, 1.165) is 36.1 Å². The van der Waals surface area contributed by atoms with Crippen LogP contribution in [0.5, 0.6) is 5.75 Å². The molecule has 0 bridgehead atoms. The van der Waals surface area contributed by atoms with E-state index in [0.29, 0.717) is 5.75 Å². The lowest BCUT2D eigenvalue weighted by Crippen LogP contribution is -2.28. The van der Waals surface area contributed by atoms with Gasteiger partial charge in [-0.05, 0) is 31.2 Å². The van der Waals surface area contributed by atoms with Gasteiger partial charge in [-0.15, -0.1) is 0 Å². The van der Waals surface area contributed by atoms with Gasteiger partial charge in [0.1, 0.15) is 5.75 Å². The van der Waals surface area contributed by atoms with Gasteiger partial charge in [0.05, 0.1) is 17.1 Å². The van der Waals surface area contributed by atoms with E-state index in [1.165, 1.54) is 25.7 Å². The number of carbonyl (C=O) groups excluding carboxylic acids is 1. The molecule has 1 aromatic rings. The second kappa shape index (κ2) is 5.84. The zero-order valence-corrected chi connectivity index (χ0v) is 12.5. The molecule has 0 saturated carbocycles. The minimum atomic E-state index is -0.111. The zero-order valence-electron chi connectivity index (χ0n) is 12.5. The number of nitrogens with one attached hydrogen (secondary N) is 1. The molecule has 2 aliphatic heterocycles. The van der Waals surface area contributed by atoms with E-state index in [-0.39, 0.29) is 12.5 Å².